The van der Waals surface area contributed by atoms with Crippen LogP contribution in [0.5, 0.6) is 6.01 Å². The molecule has 0 spiro atoms. The summed E-state index contributed by atoms with van der Waals surface area (Å²) in [5.41, 5.74) is 0.449. The van der Waals surface area contributed by atoms with Crippen molar-refractivity contribution in [2.24, 2.45) is 10.4 Å². The number of likely N-dealkylation sites (N-methyl/N-ethyl adjacent to an activating group) is 2. The first kappa shape index (κ1) is 30.5. The lowest BCUT2D eigenvalue weighted by atomic mass is 9.75. The third-order valence-electron chi connectivity index (χ3n) is 10.8. The zero-order valence-corrected chi connectivity index (χ0v) is 27.5. The number of hydrogen-bond acceptors (Lipinski definition) is 11. The summed E-state index contributed by atoms with van der Waals surface area (Å²) in [5.74, 6) is -0.681. The number of anilines is 1. The number of likely N-dealkylation sites (tertiary alicyclic amines) is 1. The number of aliphatic imine (C=N–C) groups is 1. The molecule has 4 aromatic rings. The number of nitriles is 1. The molecule has 47 heavy (non-hydrogen) atoms. The van der Waals surface area contributed by atoms with Crippen LogP contribution < -0.4 is 9.64 Å². The van der Waals surface area contributed by atoms with Gasteiger partial charge < -0.3 is 19.3 Å². The molecule has 13 heteroatoms. The summed E-state index contributed by atoms with van der Waals surface area (Å²) in [5, 5.41) is 10.9. The lowest BCUT2D eigenvalue weighted by Crippen LogP contribution is -2.71. The maximum absolute atomic E-state index is 16.8. The van der Waals surface area contributed by atoms with Gasteiger partial charge in [0.05, 0.1) is 41.0 Å². The molecule has 3 aromatic heterocycles. The molecule has 2 atom stereocenters. The van der Waals surface area contributed by atoms with Gasteiger partial charge in [0.2, 0.25) is 0 Å². The van der Waals surface area contributed by atoms with Crippen molar-refractivity contribution in [1.29, 1.82) is 5.26 Å². The van der Waals surface area contributed by atoms with E-state index < -0.39 is 11.6 Å². The van der Waals surface area contributed by atoms with Crippen molar-refractivity contribution in [3.8, 4) is 23.3 Å². The first-order valence-corrected chi connectivity index (χ1v) is 16.8. The van der Waals surface area contributed by atoms with Crippen LogP contribution in [-0.2, 0) is 4.74 Å². The molecule has 4 fully saturated rings. The lowest BCUT2D eigenvalue weighted by molar-refractivity contribution is -0.218. The molecule has 244 valence electrons. The number of fused-ring (bicyclic) bond motifs is 3. The van der Waals surface area contributed by atoms with E-state index in [1.165, 1.54) is 12.1 Å². The van der Waals surface area contributed by atoms with Crippen LogP contribution in [0, 0.1) is 28.4 Å². The van der Waals surface area contributed by atoms with Gasteiger partial charge in [-0.25, -0.2) is 8.78 Å². The van der Waals surface area contributed by atoms with Crippen LogP contribution in [0.25, 0.3) is 32.2 Å². The second-order valence-corrected chi connectivity index (χ2v) is 14.8. The molecule has 8 rings (SSSR count). The van der Waals surface area contributed by atoms with Gasteiger partial charge in [0, 0.05) is 54.8 Å². The molecular formula is C34H36F2N8O2S. The zero-order valence-electron chi connectivity index (χ0n) is 26.7. The van der Waals surface area contributed by atoms with Gasteiger partial charge in [-0.3, -0.25) is 14.9 Å². The van der Waals surface area contributed by atoms with Crippen LogP contribution in [0.1, 0.15) is 37.7 Å². The van der Waals surface area contributed by atoms with Gasteiger partial charge in [0.15, 0.2) is 5.82 Å². The molecule has 0 radical (unpaired) electrons. The SMILES string of the molecule is C=Nc1sc2c(F)ccc(-c3ncc4c(N(C)CC5(N(C)C)CCC5)nc(OCC5(CN6C[C@H]7OCC76)CC5)nc4c3F)c2c1C#N. The predicted molar refractivity (Wildman–Crippen MR) is 178 cm³/mol. The Bertz CT molecular complexity index is 1970. The Morgan fingerprint density at radius 2 is 2.02 bits per heavy atom. The van der Waals surface area contributed by atoms with Crippen LogP contribution in [-0.4, -0.2) is 103 Å². The van der Waals surface area contributed by atoms with E-state index in [4.69, 9.17) is 14.5 Å². The molecule has 10 nitrogen and oxygen atoms in total. The number of halogens is 2. The van der Waals surface area contributed by atoms with E-state index in [0.717, 1.165) is 63.1 Å². The fourth-order valence-electron chi connectivity index (χ4n) is 7.40. The van der Waals surface area contributed by atoms with Gasteiger partial charge in [-0.2, -0.15) is 15.2 Å². The lowest BCUT2D eigenvalue weighted by Gasteiger charge is -2.55. The van der Waals surface area contributed by atoms with Crippen molar-refractivity contribution in [2.75, 3.05) is 58.9 Å². The number of aromatic nitrogens is 3. The maximum Gasteiger partial charge on any atom is 0.319 e. The normalized spacial score (nSPS) is 22.2. The van der Waals surface area contributed by atoms with E-state index in [9.17, 15) is 9.65 Å². The molecule has 0 amide bonds. The van der Waals surface area contributed by atoms with E-state index in [2.05, 4.69) is 51.6 Å². The summed E-state index contributed by atoms with van der Waals surface area (Å²) in [4.78, 5) is 24.7. The zero-order chi connectivity index (χ0) is 32.7. The van der Waals surface area contributed by atoms with Crippen molar-refractivity contribution >= 4 is 49.9 Å². The number of hydrogen-bond donors (Lipinski definition) is 0. The van der Waals surface area contributed by atoms with E-state index >= 15 is 4.39 Å². The quantitative estimate of drug-likeness (QED) is 0.192. The molecule has 0 N–H and O–H groups in total. The second-order valence-electron chi connectivity index (χ2n) is 13.8. The van der Waals surface area contributed by atoms with E-state index in [1.54, 1.807) is 6.20 Å². The largest absolute Gasteiger partial charge is 0.463 e. The summed E-state index contributed by atoms with van der Waals surface area (Å²) in [6.45, 7) is 7.35. The van der Waals surface area contributed by atoms with Crippen molar-refractivity contribution in [3.05, 3.63) is 35.5 Å². The van der Waals surface area contributed by atoms with Crippen molar-refractivity contribution in [1.82, 2.24) is 24.8 Å². The van der Waals surface area contributed by atoms with Gasteiger partial charge in [-0.1, -0.05) is 0 Å². The average Bonchev–Trinajstić information content (AvgIpc) is 3.69. The molecule has 2 aliphatic heterocycles. The van der Waals surface area contributed by atoms with Crippen LogP contribution in [0.15, 0.2) is 23.3 Å². The van der Waals surface area contributed by atoms with E-state index in [-0.39, 0.29) is 54.4 Å². The smallest absolute Gasteiger partial charge is 0.319 e. The summed E-state index contributed by atoms with van der Waals surface area (Å²) in [6.07, 6.45) is 7.32. The first-order chi connectivity index (χ1) is 22.7. The van der Waals surface area contributed by atoms with Crippen molar-refractivity contribution in [2.45, 2.75) is 49.8 Å². The van der Waals surface area contributed by atoms with Crippen LogP contribution in [0.2, 0.25) is 0 Å². The topological polar surface area (TPSA) is 103 Å². The number of benzene rings is 1. The van der Waals surface area contributed by atoms with Gasteiger partial charge in [-0.15, -0.1) is 11.3 Å². The Morgan fingerprint density at radius 1 is 1.21 bits per heavy atom. The summed E-state index contributed by atoms with van der Waals surface area (Å²) < 4.78 is 43.8. The average molecular weight is 659 g/mol. The van der Waals surface area contributed by atoms with Gasteiger partial charge in [0.25, 0.3) is 0 Å². The molecule has 5 heterocycles. The molecule has 2 saturated carbocycles. The number of morpholine rings is 1. The molecule has 1 unspecified atom stereocenters. The Kier molecular flexibility index (Phi) is 7.22. The number of rotatable bonds is 11. The monoisotopic (exact) mass is 658 g/mol. The highest BCUT2D eigenvalue weighted by Gasteiger charge is 2.53. The van der Waals surface area contributed by atoms with Crippen LogP contribution >= 0.6 is 11.3 Å². The minimum absolute atomic E-state index is 0.0133. The molecule has 1 aromatic carbocycles. The molecule has 0 bridgehead atoms. The van der Waals surface area contributed by atoms with Crippen LogP contribution in [0.3, 0.4) is 0 Å². The van der Waals surface area contributed by atoms with Crippen molar-refractivity contribution in [3.63, 3.8) is 0 Å². The minimum Gasteiger partial charge on any atom is -0.463 e. The molecule has 4 aliphatic rings. The second kappa shape index (κ2) is 11.1. The maximum atomic E-state index is 16.8. The third kappa shape index (κ3) is 4.87. The summed E-state index contributed by atoms with van der Waals surface area (Å²) in [6, 6.07) is 5.43. The molecule has 2 aliphatic carbocycles. The Hall–Kier alpha value is -3.83. The fraction of sp³-hybridized carbons (Fsp3) is 0.500. The standard InChI is InChI=1S/C34H36F2N8O2S/c1-38-31-20(12-37)25-19(6-7-22(35)29(25)47-31)27-26(36)28-21(13-39-27)30(43(4)17-34(42(2)3)8-5-9-34)41-32(40-28)46-18-33(10-11-33)16-44-14-24-23(44)15-45-24/h6-7,13,23-24H,1,5,8-11,14-18H2,2-4H3/t23?,24-/m1/s1. The Morgan fingerprint density at radius 3 is 2.62 bits per heavy atom. The van der Waals surface area contributed by atoms with E-state index in [1.807, 2.05) is 11.9 Å². The highest BCUT2D eigenvalue weighted by Crippen LogP contribution is 2.49. The summed E-state index contributed by atoms with van der Waals surface area (Å²) in [7, 11) is 6.14. The van der Waals surface area contributed by atoms with E-state index in [0.29, 0.717) is 36.5 Å². The number of pyridine rings is 1. The minimum atomic E-state index is -0.691. The van der Waals surface area contributed by atoms with Gasteiger partial charge >= 0.3 is 6.01 Å². The van der Waals surface area contributed by atoms with Gasteiger partial charge in [0.1, 0.15) is 33.9 Å². The molecular weight excluding hydrogens is 622 g/mol. The molecule has 2 saturated heterocycles. The number of ether oxygens (including phenoxy) is 2. The predicted octanol–water partition coefficient (Wildman–Crippen LogP) is 5.55. The first-order valence-electron chi connectivity index (χ1n) is 16.0. The van der Waals surface area contributed by atoms with Crippen molar-refractivity contribution < 1.29 is 18.3 Å². The highest BCUT2D eigenvalue weighted by atomic mass is 32.1. The highest BCUT2D eigenvalue weighted by molar-refractivity contribution is 7.23. The number of thiophene rings is 1. The van der Waals surface area contributed by atoms with Gasteiger partial charge in [-0.05, 0) is 65.0 Å². The number of nitrogens with zero attached hydrogens (tertiary/aromatic N) is 8. The fourth-order valence-corrected chi connectivity index (χ4v) is 8.39. The Labute approximate surface area is 275 Å². The third-order valence-corrected chi connectivity index (χ3v) is 12.0. The van der Waals surface area contributed by atoms with Crippen LogP contribution in [0.4, 0.5) is 19.6 Å². The summed E-state index contributed by atoms with van der Waals surface area (Å²) >= 11 is 1.00. The Balaban J connectivity index is 1.20.